The highest BCUT2D eigenvalue weighted by atomic mass is 16.7. The minimum absolute atomic E-state index is 0.154. The summed E-state index contributed by atoms with van der Waals surface area (Å²) in [6.07, 6.45) is -5.57. The third-order valence-electron chi connectivity index (χ3n) is 14.2. The number of carbonyl (C=O) groups is 2. The predicted molar refractivity (Wildman–Crippen MR) is 271 cm³/mol. The predicted octanol–water partition coefficient (Wildman–Crippen LogP) is -2.46. The molecular formula is C53H84N2O21. The van der Waals surface area contributed by atoms with Gasteiger partial charge < -0.3 is 106 Å². The first-order valence-electron chi connectivity index (χ1n) is 25.9. The molecule has 0 radical (unpaired) electrons. The number of ether oxygens (including phenoxy) is 5. The van der Waals surface area contributed by atoms with Crippen molar-refractivity contribution in [1.29, 1.82) is 0 Å². The molecule has 76 heavy (non-hydrogen) atoms. The minimum Gasteiger partial charge on any atom is -0.462 e. The molecule has 0 aromatic heterocycles. The van der Waals surface area contributed by atoms with Gasteiger partial charge in [0.2, 0.25) is 5.91 Å². The van der Waals surface area contributed by atoms with E-state index in [-0.39, 0.29) is 25.2 Å². The fourth-order valence-corrected chi connectivity index (χ4v) is 9.50. The SMILES string of the molecule is CC1[C@H](C)OC(=O)C[C@H](O)C[C@H](O)CC[C@H](O)[C@H](O)C[C@H](O)C[C@]2(O)C[C@H](O)C(C(=O)N[C@@H]3C(O)O[C@H](CO)[C@@H](O)[C@@H]3O)C(C[C@@H](O[C@@H]3O[C@H](C)[C@@H](O)[C@H](N)[C@@H]3O)/C=C/C=C/C=C/C=C/C=C/C=C/C=C\[C@H](C)[C@H]1O)O2. The summed E-state index contributed by atoms with van der Waals surface area (Å²) in [5, 5.41) is 154. The van der Waals surface area contributed by atoms with Crippen molar-refractivity contribution in [3.63, 3.8) is 0 Å². The molecule has 4 heterocycles. The lowest BCUT2D eigenvalue weighted by Crippen LogP contribution is -2.66. The van der Waals surface area contributed by atoms with E-state index in [0.717, 1.165) is 0 Å². The second kappa shape index (κ2) is 31.2. The van der Waals surface area contributed by atoms with E-state index in [9.17, 15) is 81.1 Å². The van der Waals surface area contributed by atoms with E-state index in [1.165, 1.54) is 13.0 Å². The number of aliphatic hydroxyl groups excluding tert-OH is 13. The van der Waals surface area contributed by atoms with Gasteiger partial charge in [0, 0.05) is 37.5 Å². The van der Waals surface area contributed by atoms with Gasteiger partial charge >= 0.3 is 5.97 Å². The summed E-state index contributed by atoms with van der Waals surface area (Å²) in [7, 11) is 0. The van der Waals surface area contributed by atoms with Gasteiger partial charge in [-0.3, -0.25) is 9.59 Å². The molecule has 23 nitrogen and oxygen atoms in total. The Balaban J connectivity index is 1.65. The molecule has 2 bridgehead atoms. The number of cyclic esters (lactones) is 1. The molecule has 1 amide bonds. The summed E-state index contributed by atoms with van der Waals surface area (Å²) in [5.41, 5.74) is 6.10. The van der Waals surface area contributed by atoms with E-state index in [1.807, 2.05) is 6.92 Å². The Morgan fingerprint density at radius 2 is 1.25 bits per heavy atom. The summed E-state index contributed by atoms with van der Waals surface area (Å²) in [6, 6.07) is -2.93. The van der Waals surface area contributed by atoms with Crippen molar-refractivity contribution in [2.24, 2.45) is 23.5 Å². The van der Waals surface area contributed by atoms with Gasteiger partial charge in [0.15, 0.2) is 18.4 Å². The molecule has 432 valence electrons. The molecule has 3 fully saturated rings. The number of rotatable bonds is 5. The number of hydrogen-bond acceptors (Lipinski definition) is 22. The lowest BCUT2D eigenvalue weighted by atomic mass is 9.81. The highest BCUT2D eigenvalue weighted by Gasteiger charge is 2.53. The Morgan fingerprint density at radius 1 is 0.658 bits per heavy atom. The van der Waals surface area contributed by atoms with Gasteiger partial charge in [-0.1, -0.05) is 98.9 Å². The lowest BCUT2D eigenvalue weighted by molar-refractivity contribution is -0.307. The molecule has 4 aliphatic heterocycles. The van der Waals surface area contributed by atoms with Gasteiger partial charge in [0.05, 0.1) is 92.1 Å². The van der Waals surface area contributed by atoms with Crippen molar-refractivity contribution in [2.45, 2.75) is 207 Å². The molecule has 4 rings (SSSR count). The summed E-state index contributed by atoms with van der Waals surface area (Å²) < 4.78 is 28.8. The van der Waals surface area contributed by atoms with Crippen LogP contribution in [0.2, 0.25) is 0 Å². The minimum atomic E-state index is -2.46. The maximum atomic E-state index is 14.2. The van der Waals surface area contributed by atoms with E-state index in [0.29, 0.717) is 0 Å². The van der Waals surface area contributed by atoms with Gasteiger partial charge in [-0.25, -0.2) is 0 Å². The third-order valence-corrected chi connectivity index (χ3v) is 14.2. The largest absolute Gasteiger partial charge is 0.462 e. The molecular weight excluding hydrogens is 1000 g/mol. The average Bonchev–Trinajstić information content (AvgIpc) is 3.34. The highest BCUT2D eigenvalue weighted by Crippen LogP contribution is 2.39. The fraction of sp³-hybridized carbons (Fsp3) is 0.698. The second-order valence-electron chi connectivity index (χ2n) is 20.5. The molecule has 3 saturated heterocycles. The molecule has 0 aliphatic carbocycles. The zero-order valence-electron chi connectivity index (χ0n) is 43.4. The van der Waals surface area contributed by atoms with Crippen LogP contribution < -0.4 is 11.1 Å². The maximum absolute atomic E-state index is 14.2. The number of nitrogens with two attached hydrogens (primary N) is 1. The van der Waals surface area contributed by atoms with E-state index in [4.69, 9.17) is 29.4 Å². The average molecular weight is 1090 g/mol. The number of carbonyl (C=O) groups excluding carboxylic acids is 2. The van der Waals surface area contributed by atoms with Crippen molar-refractivity contribution >= 4 is 11.9 Å². The van der Waals surface area contributed by atoms with Crippen LogP contribution >= 0.6 is 0 Å². The zero-order valence-corrected chi connectivity index (χ0v) is 43.4. The molecule has 0 spiro atoms. The molecule has 0 aromatic carbocycles. The number of nitrogens with one attached hydrogen (secondary N) is 1. The van der Waals surface area contributed by atoms with Crippen LogP contribution in [0, 0.1) is 17.8 Å². The summed E-state index contributed by atoms with van der Waals surface area (Å²) in [4.78, 5) is 26.9. The number of allylic oxidation sites excluding steroid dienone is 12. The summed E-state index contributed by atoms with van der Waals surface area (Å²) >= 11 is 0. The number of hydrogen-bond donors (Lipinski definition) is 16. The Bertz CT molecular complexity index is 1990. The number of esters is 1. The van der Waals surface area contributed by atoms with Crippen LogP contribution in [0.25, 0.3) is 0 Å². The third kappa shape index (κ3) is 19.6. The number of amides is 1. The van der Waals surface area contributed by atoms with Crippen LogP contribution in [-0.4, -0.2) is 218 Å². The zero-order chi connectivity index (χ0) is 56.4. The van der Waals surface area contributed by atoms with E-state index >= 15 is 0 Å². The Morgan fingerprint density at radius 3 is 1.86 bits per heavy atom. The first-order chi connectivity index (χ1) is 35.9. The van der Waals surface area contributed by atoms with Gasteiger partial charge in [-0.15, -0.1) is 0 Å². The maximum Gasteiger partial charge on any atom is 0.308 e. The molecule has 24 atom stereocenters. The van der Waals surface area contributed by atoms with Crippen molar-refractivity contribution in [1.82, 2.24) is 5.32 Å². The molecule has 17 N–H and O–H groups in total. The summed E-state index contributed by atoms with van der Waals surface area (Å²) in [6.45, 7) is 5.88. The molecule has 23 heteroatoms. The van der Waals surface area contributed by atoms with Crippen molar-refractivity contribution < 1.29 is 105 Å². The van der Waals surface area contributed by atoms with Gasteiger partial charge in [0.1, 0.15) is 36.6 Å². The van der Waals surface area contributed by atoms with Gasteiger partial charge in [-0.2, -0.15) is 0 Å². The van der Waals surface area contributed by atoms with E-state index in [1.54, 1.807) is 92.8 Å². The van der Waals surface area contributed by atoms with Gasteiger partial charge in [-0.05, 0) is 33.1 Å². The second-order valence-corrected chi connectivity index (χ2v) is 20.5. The molecule has 0 saturated carbocycles. The lowest BCUT2D eigenvalue weighted by Gasteiger charge is -2.47. The normalized spacial score (nSPS) is 46.7. The van der Waals surface area contributed by atoms with Crippen LogP contribution in [0.1, 0.15) is 79.1 Å². The van der Waals surface area contributed by atoms with Crippen molar-refractivity contribution in [2.75, 3.05) is 6.61 Å². The first kappa shape index (κ1) is 64.9. The molecule has 0 aromatic rings. The van der Waals surface area contributed by atoms with Crippen LogP contribution in [0.3, 0.4) is 0 Å². The molecule has 4 unspecified atom stereocenters. The van der Waals surface area contributed by atoms with Crippen LogP contribution in [0.5, 0.6) is 0 Å². The van der Waals surface area contributed by atoms with Crippen LogP contribution in [0.4, 0.5) is 0 Å². The smallest absolute Gasteiger partial charge is 0.308 e. The Kier molecular flexibility index (Phi) is 26.7. The molecule has 4 aliphatic rings. The standard InChI is InChI=1S/C53H84N2O21/c1-28-17-15-13-11-9-7-5-6-8-10-12-14-16-18-35(74-52-48(67)43(54)46(65)31(4)73-52)24-39-42(50(69)55-44-49(68)47(66)40(27-56)75-51(44)70)38(62)26-53(71,76-39)25-34(59)22-37(61)36(60)20-19-32(57)21-33(58)23-41(63)72-30(3)29(2)45(28)64/h5-18,28-40,42-49,51-52,56-62,64-68,70-71H,19-27,54H2,1-4H3,(H,55,69)/b6-5+,9-7+,10-8+,13-11+,14-12+,17-15-,18-16+/t28-,29?,30-,31+,32+,33+,34-,35-,36-,37+,38-,39?,40+,42?,43-,44-,45+,46+,47+,48-,49+,51?,52-,53+/m0/s1. The topological polar surface area (TPSA) is 402 Å². The number of fused-ring (bicyclic) bond motifs is 2. The fourth-order valence-electron chi connectivity index (χ4n) is 9.50. The first-order valence-corrected chi connectivity index (χ1v) is 25.9. The highest BCUT2D eigenvalue weighted by molar-refractivity contribution is 5.80. The Hall–Kier alpha value is -3.64. The number of aliphatic hydroxyl groups is 14. The van der Waals surface area contributed by atoms with Crippen LogP contribution in [-0.2, 0) is 33.3 Å². The monoisotopic (exact) mass is 1080 g/mol. The van der Waals surface area contributed by atoms with Crippen LogP contribution in [0.15, 0.2) is 85.1 Å². The van der Waals surface area contributed by atoms with E-state index in [2.05, 4.69) is 5.32 Å². The van der Waals surface area contributed by atoms with Gasteiger partial charge in [0.25, 0.3) is 0 Å². The van der Waals surface area contributed by atoms with E-state index < -0.39 is 191 Å². The Labute approximate surface area is 443 Å². The van der Waals surface area contributed by atoms with Crippen molar-refractivity contribution in [3.8, 4) is 0 Å². The quantitative estimate of drug-likeness (QED) is 0.127. The summed E-state index contributed by atoms with van der Waals surface area (Å²) in [5.74, 6) is -6.76. The van der Waals surface area contributed by atoms with Crippen molar-refractivity contribution in [3.05, 3.63) is 85.1 Å².